The van der Waals surface area contributed by atoms with Gasteiger partial charge in [0.15, 0.2) is 0 Å². The molecule has 0 aliphatic heterocycles. The highest BCUT2D eigenvalue weighted by Crippen LogP contribution is 2.12. The molecule has 1 aromatic heterocycles. The van der Waals surface area contributed by atoms with Crippen LogP contribution in [0.25, 0.3) is 0 Å². The number of anilines is 2. The zero-order valence-corrected chi connectivity index (χ0v) is 13.3. The Morgan fingerprint density at radius 3 is 2.62 bits per heavy atom. The summed E-state index contributed by atoms with van der Waals surface area (Å²) >= 11 is 9.08. The highest BCUT2D eigenvalue weighted by Gasteiger charge is 2.04. The van der Waals surface area contributed by atoms with Crippen LogP contribution in [0.4, 0.5) is 11.8 Å². The van der Waals surface area contributed by atoms with Crippen molar-refractivity contribution in [2.75, 3.05) is 24.1 Å². The molecule has 0 bridgehead atoms. The van der Waals surface area contributed by atoms with E-state index in [0.717, 1.165) is 4.47 Å². The van der Waals surface area contributed by atoms with E-state index in [-0.39, 0.29) is 17.0 Å². The first-order valence-electron chi connectivity index (χ1n) is 6.12. The molecular formula is C13H13BrClN5O. The van der Waals surface area contributed by atoms with Crippen molar-refractivity contribution in [3.8, 4) is 0 Å². The highest BCUT2D eigenvalue weighted by atomic mass is 79.9. The number of carbonyl (C=O) groups is 1. The van der Waals surface area contributed by atoms with Gasteiger partial charge in [-0.25, -0.2) is 4.98 Å². The first-order valence-corrected chi connectivity index (χ1v) is 7.29. The van der Waals surface area contributed by atoms with Gasteiger partial charge < -0.3 is 16.4 Å². The van der Waals surface area contributed by atoms with Gasteiger partial charge in [0.2, 0.25) is 5.95 Å². The van der Waals surface area contributed by atoms with Crippen molar-refractivity contribution in [1.82, 2.24) is 15.3 Å². The molecule has 0 spiro atoms. The average Bonchev–Trinajstić information content (AvgIpc) is 2.43. The van der Waals surface area contributed by atoms with Crippen molar-refractivity contribution in [2.24, 2.45) is 0 Å². The van der Waals surface area contributed by atoms with Gasteiger partial charge in [-0.15, -0.1) is 0 Å². The van der Waals surface area contributed by atoms with Crippen LogP contribution in [0.1, 0.15) is 10.4 Å². The number of aromatic nitrogens is 2. The molecule has 1 aromatic carbocycles. The Labute approximate surface area is 135 Å². The van der Waals surface area contributed by atoms with E-state index in [1.807, 2.05) is 12.1 Å². The third kappa shape index (κ3) is 4.87. The van der Waals surface area contributed by atoms with Gasteiger partial charge in [-0.05, 0) is 24.3 Å². The smallest absolute Gasteiger partial charge is 0.251 e. The van der Waals surface area contributed by atoms with E-state index in [0.29, 0.717) is 24.5 Å². The van der Waals surface area contributed by atoms with Crippen molar-refractivity contribution >= 4 is 45.2 Å². The third-order valence-corrected chi connectivity index (χ3v) is 3.26. The number of hydrogen-bond acceptors (Lipinski definition) is 5. The molecular weight excluding hydrogens is 358 g/mol. The maximum atomic E-state index is 11.9. The number of nitrogens with zero attached hydrogens (tertiary/aromatic N) is 2. The van der Waals surface area contributed by atoms with Crippen molar-refractivity contribution < 1.29 is 4.79 Å². The van der Waals surface area contributed by atoms with E-state index in [9.17, 15) is 4.79 Å². The zero-order chi connectivity index (χ0) is 15.2. The first-order chi connectivity index (χ1) is 10.0. The lowest BCUT2D eigenvalue weighted by molar-refractivity contribution is 0.0955. The maximum Gasteiger partial charge on any atom is 0.251 e. The molecule has 6 nitrogen and oxygen atoms in total. The second kappa shape index (κ2) is 7.24. The molecule has 0 radical (unpaired) electrons. The lowest BCUT2D eigenvalue weighted by atomic mass is 10.2. The Bertz CT molecular complexity index is 615. The Kier molecular flexibility index (Phi) is 5.35. The molecule has 0 saturated carbocycles. The SMILES string of the molecule is Nc1nc(Cl)cc(NCCNC(=O)c2ccc(Br)cc2)n1. The summed E-state index contributed by atoms with van der Waals surface area (Å²) in [6, 6.07) is 8.70. The molecule has 2 aromatic rings. The van der Waals surface area contributed by atoms with E-state index in [1.165, 1.54) is 0 Å². The van der Waals surface area contributed by atoms with Crippen molar-refractivity contribution in [2.45, 2.75) is 0 Å². The van der Waals surface area contributed by atoms with E-state index < -0.39 is 0 Å². The largest absolute Gasteiger partial charge is 0.368 e. The Morgan fingerprint density at radius 1 is 1.24 bits per heavy atom. The lowest BCUT2D eigenvalue weighted by Crippen LogP contribution is -2.28. The summed E-state index contributed by atoms with van der Waals surface area (Å²) in [7, 11) is 0. The summed E-state index contributed by atoms with van der Waals surface area (Å²) in [5, 5.41) is 6.07. The van der Waals surface area contributed by atoms with Gasteiger partial charge in [-0.1, -0.05) is 27.5 Å². The molecule has 0 atom stereocenters. The van der Waals surface area contributed by atoms with Crippen LogP contribution in [0.2, 0.25) is 5.15 Å². The quantitative estimate of drug-likeness (QED) is 0.555. The van der Waals surface area contributed by atoms with Gasteiger partial charge in [-0.3, -0.25) is 4.79 Å². The highest BCUT2D eigenvalue weighted by molar-refractivity contribution is 9.10. The second-order valence-electron chi connectivity index (χ2n) is 4.12. The number of nitrogens with one attached hydrogen (secondary N) is 2. The second-order valence-corrected chi connectivity index (χ2v) is 5.43. The molecule has 0 unspecified atom stereocenters. The minimum Gasteiger partial charge on any atom is -0.368 e. The van der Waals surface area contributed by atoms with Crippen LogP contribution in [-0.2, 0) is 0 Å². The topological polar surface area (TPSA) is 92.9 Å². The van der Waals surface area contributed by atoms with Crippen LogP contribution in [0.3, 0.4) is 0 Å². The molecule has 110 valence electrons. The molecule has 0 aliphatic rings. The van der Waals surface area contributed by atoms with Gasteiger partial charge in [0.25, 0.3) is 5.91 Å². The van der Waals surface area contributed by atoms with E-state index >= 15 is 0 Å². The van der Waals surface area contributed by atoms with Crippen molar-refractivity contribution in [3.05, 3.63) is 45.5 Å². The normalized spacial score (nSPS) is 10.2. The molecule has 2 rings (SSSR count). The summed E-state index contributed by atoms with van der Waals surface area (Å²) in [6.07, 6.45) is 0. The number of benzene rings is 1. The maximum absolute atomic E-state index is 11.9. The fraction of sp³-hybridized carbons (Fsp3) is 0.154. The number of rotatable bonds is 5. The van der Waals surface area contributed by atoms with Crippen LogP contribution in [0, 0.1) is 0 Å². The van der Waals surface area contributed by atoms with Crippen LogP contribution >= 0.6 is 27.5 Å². The standard InChI is InChI=1S/C13H13BrClN5O/c14-9-3-1-8(2-4-9)12(21)18-6-5-17-11-7-10(15)19-13(16)20-11/h1-4,7H,5-6H2,(H,18,21)(H3,16,17,19,20). The summed E-state index contributed by atoms with van der Waals surface area (Å²) in [6.45, 7) is 0.936. The minimum absolute atomic E-state index is 0.101. The number of halogens is 2. The first kappa shape index (κ1) is 15.5. The number of amides is 1. The molecule has 0 saturated heterocycles. The average molecular weight is 371 g/mol. The van der Waals surface area contributed by atoms with Crippen LogP contribution in [0.15, 0.2) is 34.8 Å². The van der Waals surface area contributed by atoms with Crippen LogP contribution in [0.5, 0.6) is 0 Å². The summed E-state index contributed by atoms with van der Waals surface area (Å²) in [4.78, 5) is 19.6. The molecule has 1 amide bonds. The summed E-state index contributed by atoms with van der Waals surface area (Å²) in [5.41, 5.74) is 6.08. The number of nitrogen functional groups attached to an aromatic ring is 1. The van der Waals surface area contributed by atoms with Crippen molar-refractivity contribution in [3.63, 3.8) is 0 Å². The summed E-state index contributed by atoms with van der Waals surface area (Å²) in [5.74, 6) is 0.485. The molecule has 8 heteroatoms. The number of hydrogen-bond donors (Lipinski definition) is 3. The van der Waals surface area contributed by atoms with Gasteiger partial charge in [0, 0.05) is 29.2 Å². The Hall–Kier alpha value is -1.86. The third-order valence-electron chi connectivity index (χ3n) is 2.54. The Balaban J connectivity index is 1.79. The minimum atomic E-state index is -0.135. The monoisotopic (exact) mass is 369 g/mol. The molecule has 21 heavy (non-hydrogen) atoms. The fourth-order valence-electron chi connectivity index (χ4n) is 1.60. The molecule has 0 fully saturated rings. The van der Waals surface area contributed by atoms with Crippen LogP contribution < -0.4 is 16.4 Å². The lowest BCUT2D eigenvalue weighted by Gasteiger charge is -2.08. The zero-order valence-electron chi connectivity index (χ0n) is 10.9. The van der Waals surface area contributed by atoms with E-state index in [1.54, 1.807) is 18.2 Å². The summed E-state index contributed by atoms with van der Waals surface area (Å²) < 4.78 is 0.930. The van der Waals surface area contributed by atoms with E-state index in [2.05, 4.69) is 36.5 Å². The van der Waals surface area contributed by atoms with Gasteiger partial charge in [0.05, 0.1) is 0 Å². The number of nitrogens with two attached hydrogens (primary N) is 1. The predicted octanol–water partition coefficient (Wildman–Crippen LogP) is 2.32. The number of carbonyl (C=O) groups excluding carboxylic acids is 1. The van der Waals surface area contributed by atoms with Crippen LogP contribution in [-0.4, -0.2) is 29.0 Å². The van der Waals surface area contributed by atoms with Gasteiger partial charge >= 0.3 is 0 Å². The predicted molar refractivity (Wildman–Crippen MR) is 86.4 cm³/mol. The van der Waals surface area contributed by atoms with Gasteiger partial charge in [0.1, 0.15) is 11.0 Å². The van der Waals surface area contributed by atoms with Gasteiger partial charge in [-0.2, -0.15) is 4.98 Å². The van der Waals surface area contributed by atoms with E-state index in [4.69, 9.17) is 17.3 Å². The fourth-order valence-corrected chi connectivity index (χ4v) is 2.05. The Morgan fingerprint density at radius 2 is 1.95 bits per heavy atom. The van der Waals surface area contributed by atoms with Crippen molar-refractivity contribution in [1.29, 1.82) is 0 Å². The molecule has 1 heterocycles. The molecule has 0 aliphatic carbocycles. The molecule has 4 N–H and O–H groups in total.